The SMILES string of the molecule is CSC[C@H](C)C(=O)Nc1ccc(Cl)c(C[S@](C)=O)c1. The zero-order chi connectivity index (χ0) is 14.4. The Kier molecular flexibility index (Phi) is 6.89. The van der Waals surface area contributed by atoms with Crippen LogP contribution in [0.3, 0.4) is 0 Å². The Hall–Kier alpha value is -0.520. The number of hydrogen-bond donors (Lipinski definition) is 1. The lowest BCUT2D eigenvalue weighted by molar-refractivity contribution is -0.118. The van der Waals surface area contributed by atoms with Crippen molar-refractivity contribution in [3.05, 3.63) is 28.8 Å². The molecule has 0 unspecified atom stereocenters. The number of rotatable bonds is 6. The summed E-state index contributed by atoms with van der Waals surface area (Å²) >= 11 is 7.68. The standard InChI is InChI=1S/C13H18ClNO2S2/c1-9(7-18-2)13(16)15-11-4-5-12(14)10(6-11)8-19(3)17/h4-6,9H,7-8H2,1-3H3,(H,15,16)/t9-,19-/m0/s1. The van der Waals surface area contributed by atoms with Gasteiger partial charge >= 0.3 is 0 Å². The topological polar surface area (TPSA) is 46.2 Å². The van der Waals surface area contributed by atoms with E-state index in [0.717, 1.165) is 11.3 Å². The fourth-order valence-corrected chi connectivity index (χ4v) is 3.17. The summed E-state index contributed by atoms with van der Waals surface area (Å²) in [6.07, 6.45) is 3.60. The minimum atomic E-state index is -0.960. The maximum absolute atomic E-state index is 11.9. The van der Waals surface area contributed by atoms with E-state index in [2.05, 4.69) is 5.32 Å². The zero-order valence-electron chi connectivity index (χ0n) is 11.2. The van der Waals surface area contributed by atoms with Crippen molar-refractivity contribution >= 4 is 45.8 Å². The number of halogens is 1. The highest BCUT2D eigenvalue weighted by Crippen LogP contribution is 2.22. The molecule has 1 aromatic rings. The Bertz CT molecular complexity index is 480. The monoisotopic (exact) mass is 319 g/mol. The van der Waals surface area contributed by atoms with Crippen LogP contribution in [0.25, 0.3) is 0 Å². The summed E-state index contributed by atoms with van der Waals surface area (Å²) in [6, 6.07) is 5.26. The summed E-state index contributed by atoms with van der Waals surface area (Å²) in [5, 5.41) is 3.43. The molecule has 1 N–H and O–H groups in total. The summed E-state index contributed by atoms with van der Waals surface area (Å²) in [5.74, 6) is 1.11. The van der Waals surface area contributed by atoms with Crippen LogP contribution in [0.2, 0.25) is 5.02 Å². The molecule has 0 saturated heterocycles. The molecule has 0 heterocycles. The number of amides is 1. The van der Waals surface area contributed by atoms with Crippen LogP contribution in [0.5, 0.6) is 0 Å². The van der Waals surface area contributed by atoms with Gasteiger partial charge in [0.15, 0.2) is 0 Å². The Labute approximate surface area is 125 Å². The number of benzene rings is 1. The van der Waals surface area contributed by atoms with Gasteiger partial charge in [-0.25, -0.2) is 0 Å². The van der Waals surface area contributed by atoms with E-state index in [0.29, 0.717) is 16.5 Å². The molecule has 0 radical (unpaired) electrons. The first-order valence-electron chi connectivity index (χ1n) is 5.82. The van der Waals surface area contributed by atoms with Crippen molar-refractivity contribution in [2.75, 3.05) is 23.6 Å². The number of carbonyl (C=O) groups is 1. The second kappa shape index (κ2) is 7.92. The van der Waals surface area contributed by atoms with Crippen LogP contribution in [-0.4, -0.2) is 28.4 Å². The van der Waals surface area contributed by atoms with E-state index in [9.17, 15) is 9.00 Å². The molecule has 0 bridgehead atoms. The predicted octanol–water partition coefficient (Wildman–Crippen LogP) is 3.16. The minimum absolute atomic E-state index is 0.0137. The average Bonchev–Trinajstić information content (AvgIpc) is 2.33. The first-order valence-corrected chi connectivity index (χ1v) is 9.32. The summed E-state index contributed by atoms with van der Waals surface area (Å²) in [7, 11) is -0.960. The fourth-order valence-electron chi connectivity index (χ4n) is 1.57. The number of carbonyl (C=O) groups excluding carboxylic acids is 1. The molecular formula is C13H18ClNO2S2. The molecule has 1 rings (SSSR count). The number of nitrogens with one attached hydrogen (secondary N) is 1. The van der Waals surface area contributed by atoms with Crippen LogP contribution in [0.4, 0.5) is 5.69 Å². The Morgan fingerprint density at radius 3 is 2.79 bits per heavy atom. The van der Waals surface area contributed by atoms with E-state index in [1.807, 2.05) is 13.2 Å². The van der Waals surface area contributed by atoms with Crippen LogP contribution >= 0.6 is 23.4 Å². The highest BCUT2D eigenvalue weighted by atomic mass is 35.5. The molecule has 1 amide bonds. The maximum Gasteiger partial charge on any atom is 0.228 e. The second-order valence-corrected chi connectivity index (χ2v) is 7.12. The highest BCUT2D eigenvalue weighted by molar-refractivity contribution is 7.98. The van der Waals surface area contributed by atoms with Crippen molar-refractivity contribution in [3.63, 3.8) is 0 Å². The van der Waals surface area contributed by atoms with E-state index < -0.39 is 10.8 Å². The van der Waals surface area contributed by atoms with Gasteiger partial charge in [-0.2, -0.15) is 11.8 Å². The molecule has 0 spiro atoms. The van der Waals surface area contributed by atoms with Gasteiger partial charge in [-0.1, -0.05) is 18.5 Å². The fraction of sp³-hybridized carbons (Fsp3) is 0.462. The van der Waals surface area contributed by atoms with Gasteiger partial charge in [0.25, 0.3) is 0 Å². The summed E-state index contributed by atoms with van der Waals surface area (Å²) in [4.78, 5) is 11.9. The van der Waals surface area contributed by atoms with Gasteiger partial charge in [-0.15, -0.1) is 0 Å². The Balaban J connectivity index is 2.79. The van der Waals surface area contributed by atoms with Crippen LogP contribution in [0.1, 0.15) is 12.5 Å². The van der Waals surface area contributed by atoms with E-state index in [-0.39, 0.29) is 11.8 Å². The molecule has 19 heavy (non-hydrogen) atoms. The third-order valence-corrected chi connectivity index (χ3v) is 4.46. The highest BCUT2D eigenvalue weighted by Gasteiger charge is 2.13. The van der Waals surface area contributed by atoms with Crippen molar-refractivity contribution in [3.8, 4) is 0 Å². The van der Waals surface area contributed by atoms with Gasteiger partial charge in [0.1, 0.15) is 0 Å². The molecule has 106 valence electrons. The molecule has 0 aliphatic heterocycles. The molecule has 0 saturated carbocycles. The van der Waals surface area contributed by atoms with Gasteiger partial charge in [0.05, 0.1) is 0 Å². The number of hydrogen-bond acceptors (Lipinski definition) is 3. The van der Waals surface area contributed by atoms with E-state index in [1.54, 1.807) is 36.2 Å². The number of anilines is 1. The average molecular weight is 320 g/mol. The van der Waals surface area contributed by atoms with Crippen LogP contribution in [0, 0.1) is 5.92 Å². The largest absolute Gasteiger partial charge is 0.326 e. The third kappa shape index (κ3) is 5.55. The maximum atomic E-state index is 11.9. The molecule has 0 aliphatic carbocycles. The van der Waals surface area contributed by atoms with Gasteiger partial charge in [-0.3, -0.25) is 9.00 Å². The van der Waals surface area contributed by atoms with Gasteiger partial charge in [0.2, 0.25) is 5.91 Å². The summed E-state index contributed by atoms with van der Waals surface area (Å²) in [5.41, 5.74) is 1.49. The molecule has 0 fully saturated rings. The summed E-state index contributed by atoms with van der Waals surface area (Å²) < 4.78 is 11.3. The van der Waals surface area contributed by atoms with E-state index in [1.165, 1.54) is 0 Å². The molecule has 2 atom stereocenters. The van der Waals surface area contributed by atoms with Crippen LogP contribution < -0.4 is 5.32 Å². The molecule has 0 aliphatic rings. The van der Waals surface area contributed by atoms with E-state index in [4.69, 9.17) is 11.6 Å². The van der Waals surface area contributed by atoms with Crippen molar-refractivity contribution in [2.45, 2.75) is 12.7 Å². The smallest absolute Gasteiger partial charge is 0.228 e. The zero-order valence-corrected chi connectivity index (χ0v) is 13.6. The first kappa shape index (κ1) is 16.5. The molecular weight excluding hydrogens is 302 g/mol. The van der Waals surface area contributed by atoms with Crippen molar-refractivity contribution in [2.24, 2.45) is 5.92 Å². The molecule has 1 aromatic carbocycles. The third-order valence-electron chi connectivity index (χ3n) is 2.54. The quantitative estimate of drug-likeness (QED) is 0.876. The van der Waals surface area contributed by atoms with Gasteiger partial charge in [0, 0.05) is 45.2 Å². The second-order valence-electron chi connectivity index (χ2n) is 4.37. The van der Waals surface area contributed by atoms with Gasteiger partial charge in [-0.05, 0) is 30.0 Å². The van der Waals surface area contributed by atoms with Crippen molar-refractivity contribution in [1.29, 1.82) is 0 Å². The van der Waals surface area contributed by atoms with Crippen LogP contribution in [0.15, 0.2) is 18.2 Å². The van der Waals surface area contributed by atoms with Gasteiger partial charge < -0.3 is 5.32 Å². The van der Waals surface area contributed by atoms with Crippen molar-refractivity contribution in [1.82, 2.24) is 0 Å². The lowest BCUT2D eigenvalue weighted by Crippen LogP contribution is -2.22. The first-order chi connectivity index (χ1) is 8.93. The Morgan fingerprint density at radius 1 is 1.53 bits per heavy atom. The number of thioether (sulfide) groups is 1. The lowest BCUT2D eigenvalue weighted by atomic mass is 10.2. The van der Waals surface area contributed by atoms with Crippen molar-refractivity contribution < 1.29 is 9.00 Å². The minimum Gasteiger partial charge on any atom is -0.326 e. The molecule has 6 heteroatoms. The lowest BCUT2D eigenvalue weighted by Gasteiger charge is -2.12. The molecule has 3 nitrogen and oxygen atoms in total. The Morgan fingerprint density at radius 2 is 2.21 bits per heavy atom. The van der Waals surface area contributed by atoms with Crippen LogP contribution in [-0.2, 0) is 21.3 Å². The predicted molar refractivity (Wildman–Crippen MR) is 85.4 cm³/mol. The molecule has 0 aromatic heterocycles. The van der Waals surface area contributed by atoms with E-state index >= 15 is 0 Å². The normalized spacial score (nSPS) is 13.9. The summed E-state index contributed by atoms with van der Waals surface area (Å²) in [6.45, 7) is 1.89.